The molecule has 0 aromatic rings. The second-order valence-electron chi connectivity index (χ2n) is 5.49. The van der Waals surface area contributed by atoms with Crippen LogP contribution in [-0.2, 0) is 9.59 Å². The number of aliphatic carboxylic acids is 1. The van der Waals surface area contributed by atoms with Crippen LogP contribution in [0.2, 0.25) is 0 Å². The van der Waals surface area contributed by atoms with Crippen LogP contribution in [0.25, 0.3) is 0 Å². The Kier molecular flexibility index (Phi) is 7.54. The summed E-state index contributed by atoms with van der Waals surface area (Å²) in [7, 11) is 0. The molecule has 1 amide bonds. The topological polar surface area (TPSA) is 81.1 Å². The first-order valence-corrected chi connectivity index (χ1v) is 7.38. The van der Waals surface area contributed by atoms with Gasteiger partial charge in [-0.3, -0.25) is 14.5 Å². The van der Waals surface area contributed by atoms with Crippen LogP contribution in [0.15, 0.2) is 0 Å². The normalized spacial score (nSPS) is 17.9. The molecule has 0 saturated carbocycles. The average Bonchev–Trinajstić information content (AvgIpc) is 2.67. The van der Waals surface area contributed by atoms with Crippen molar-refractivity contribution in [1.82, 2.24) is 9.80 Å². The molecule has 1 unspecified atom stereocenters. The van der Waals surface area contributed by atoms with E-state index >= 15 is 0 Å². The number of carbonyl (C=O) groups excluding carboxylic acids is 1. The molecule has 1 heterocycles. The zero-order valence-corrected chi connectivity index (χ0v) is 12.3. The van der Waals surface area contributed by atoms with Crippen LogP contribution in [-0.4, -0.2) is 71.2 Å². The Bertz CT molecular complexity index is 314. The molecule has 116 valence electrons. The number of carbonyl (C=O) groups is 2. The van der Waals surface area contributed by atoms with Crippen LogP contribution in [0.4, 0.5) is 0 Å². The maximum absolute atomic E-state index is 12.2. The molecular formula is C14H26N2O4. The summed E-state index contributed by atoms with van der Waals surface area (Å²) in [5.41, 5.74) is 0. The SMILES string of the molecule is CC(CN(CCO)CC(=O)N1CCCCCC1)C(=O)O. The average molecular weight is 286 g/mol. The molecule has 0 radical (unpaired) electrons. The molecule has 1 atom stereocenters. The van der Waals surface area contributed by atoms with Crippen molar-refractivity contribution in [2.24, 2.45) is 5.92 Å². The van der Waals surface area contributed by atoms with Crippen molar-refractivity contribution < 1.29 is 19.8 Å². The van der Waals surface area contributed by atoms with Gasteiger partial charge in [-0.15, -0.1) is 0 Å². The Morgan fingerprint density at radius 3 is 2.30 bits per heavy atom. The van der Waals surface area contributed by atoms with Gasteiger partial charge in [0.2, 0.25) is 5.91 Å². The van der Waals surface area contributed by atoms with Crippen molar-refractivity contribution in [3.05, 3.63) is 0 Å². The quantitative estimate of drug-likeness (QED) is 0.708. The second-order valence-corrected chi connectivity index (χ2v) is 5.49. The lowest BCUT2D eigenvalue weighted by molar-refractivity contribution is -0.143. The van der Waals surface area contributed by atoms with E-state index < -0.39 is 11.9 Å². The Balaban J connectivity index is 2.50. The lowest BCUT2D eigenvalue weighted by atomic mass is 10.1. The highest BCUT2D eigenvalue weighted by Crippen LogP contribution is 2.10. The molecule has 1 aliphatic rings. The smallest absolute Gasteiger partial charge is 0.307 e. The highest BCUT2D eigenvalue weighted by Gasteiger charge is 2.21. The molecule has 2 N–H and O–H groups in total. The number of hydrogen-bond donors (Lipinski definition) is 2. The summed E-state index contributed by atoms with van der Waals surface area (Å²) in [5.74, 6) is -1.38. The molecule has 6 nitrogen and oxygen atoms in total. The predicted molar refractivity (Wildman–Crippen MR) is 75.4 cm³/mol. The summed E-state index contributed by atoms with van der Waals surface area (Å²) in [6.45, 7) is 3.94. The number of aliphatic hydroxyl groups is 1. The molecule has 0 aromatic heterocycles. The largest absolute Gasteiger partial charge is 0.481 e. The minimum absolute atomic E-state index is 0.0398. The molecule has 20 heavy (non-hydrogen) atoms. The van der Waals surface area contributed by atoms with Crippen LogP contribution < -0.4 is 0 Å². The maximum atomic E-state index is 12.2. The number of hydrogen-bond acceptors (Lipinski definition) is 4. The molecule has 6 heteroatoms. The summed E-state index contributed by atoms with van der Waals surface area (Å²) < 4.78 is 0. The molecule has 1 saturated heterocycles. The van der Waals surface area contributed by atoms with Gasteiger partial charge in [-0.2, -0.15) is 0 Å². The fourth-order valence-electron chi connectivity index (χ4n) is 2.45. The number of rotatable bonds is 7. The van der Waals surface area contributed by atoms with Gasteiger partial charge in [-0.05, 0) is 12.8 Å². The Morgan fingerprint density at radius 1 is 1.20 bits per heavy atom. The van der Waals surface area contributed by atoms with E-state index in [2.05, 4.69) is 0 Å². The van der Waals surface area contributed by atoms with Crippen molar-refractivity contribution in [1.29, 1.82) is 0 Å². The first kappa shape index (κ1) is 16.9. The van der Waals surface area contributed by atoms with E-state index in [1.807, 2.05) is 4.90 Å². The van der Waals surface area contributed by atoms with Crippen molar-refractivity contribution in [2.75, 3.05) is 39.3 Å². The van der Waals surface area contributed by atoms with Gasteiger partial charge in [-0.1, -0.05) is 19.8 Å². The summed E-state index contributed by atoms with van der Waals surface area (Å²) >= 11 is 0. The van der Waals surface area contributed by atoms with E-state index in [0.29, 0.717) is 6.54 Å². The van der Waals surface area contributed by atoms with Crippen molar-refractivity contribution >= 4 is 11.9 Å². The Hall–Kier alpha value is -1.14. The third-order valence-corrected chi connectivity index (χ3v) is 3.69. The van der Waals surface area contributed by atoms with Crippen LogP contribution in [0.1, 0.15) is 32.6 Å². The minimum Gasteiger partial charge on any atom is -0.481 e. The van der Waals surface area contributed by atoms with Gasteiger partial charge >= 0.3 is 5.97 Å². The van der Waals surface area contributed by atoms with E-state index in [0.717, 1.165) is 25.9 Å². The third kappa shape index (κ3) is 5.88. The first-order chi connectivity index (χ1) is 9.54. The summed E-state index contributed by atoms with van der Waals surface area (Å²) in [4.78, 5) is 26.7. The monoisotopic (exact) mass is 286 g/mol. The first-order valence-electron chi connectivity index (χ1n) is 7.38. The van der Waals surface area contributed by atoms with Crippen molar-refractivity contribution in [3.8, 4) is 0 Å². The van der Waals surface area contributed by atoms with Crippen LogP contribution in [0.5, 0.6) is 0 Å². The number of likely N-dealkylation sites (tertiary alicyclic amines) is 1. The lowest BCUT2D eigenvalue weighted by Gasteiger charge is -2.27. The van der Waals surface area contributed by atoms with Gasteiger partial charge in [0.1, 0.15) is 0 Å². The number of carboxylic acids is 1. The summed E-state index contributed by atoms with van der Waals surface area (Å²) in [5, 5.41) is 18.0. The standard InChI is InChI=1S/C14H26N2O4/c1-12(14(19)20)10-15(8-9-17)11-13(18)16-6-4-2-3-5-7-16/h12,17H,2-11H2,1H3,(H,19,20). The van der Waals surface area contributed by atoms with Gasteiger partial charge < -0.3 is 15.1 Å². The van der Waals surface area contributed by atoms with Crippen LogP contribution >= 0.6 is 0 Å². The van der Waals surface area contributed by atoms with Gasteiger partial charge in [-0.25, -0.2) is 0 Å². The van der Waals surface area contributed by atoms with Gasteiger partial charge in [0.05, 0.1) is 19.1 Å². The Labute approximate surface area is 120 Å². The summed E-state index contributed by atoms with van der Waals surface area (Å²) in [6.07, 6.45) is 4.41. The number of amides is 1. The van der Waals surface area contributed by atoms with E-state index in [1.54, 1.807) is 11.8 Å². The molecule has 1 aliphatic heterocycles. The van der Waals surface area contributed by atoms with Gasteiger partial charge in [0, 0.05) is 26.2 Å². The second kappa shape index (κ2) is 8.92. The third-order valence-electron chi connectivity index (χ3n) is 3.69. The van der Waals surface area contributed by atoms with Crippen molar-refractivity contribution in [2.45, 2.75) is 32.6 Å². The molecule has 0 spiro atoms. The minimum atomic E-state index is -0.879. The highest BCUT2D eigenvalue weighted by atomic mass is 16.4. The number of aliphatic hydroxyl groups excluding tert-OH is 1. The van der Waals surface area contributed by atoms with Gasteiger partial charge in [0.25, 0.3) is 0 Å². The molecule has 1 rings (SSSR count). The van der Waals surface area contributed by atoms with Crippen LogP contribution in [0.3, 0.4) is 0 Å². The van der Waals surface area contributed by atoms with E-state index in [9.17, 15) is 9.59 Å². The maximum Gasteiger partial charge on any atom is 0.307 e. The van der Waals surface area contributed by atoms with E-state index in [1.165, 1.54) is 12.8 Å². The molecule has 1 fully saturated rings. The lowest BCUT2D eigenvalue weighted by Crippen LogP contribution is -2.43. The molecule has 0 aliphatic carbocycles. The molecule has 0 bridgehead atoms. The zero-order chi connectivity index (χ0) is 15.0. The number of carboxylic acid groups (broad SMARTS) is 1. The molecular weight excluding hydrogens is 260 g/mol. The van der Waals surface area contributed by atoms with Gasteiger partial charge in [0.15, 0.2) is 0 Å². The van der Waals surface area contributed by atoms with Crippen molar-refractivity contribution in [3.63, 3.8) is 0 Å². The van der Waals surface area contributed by atoms with Crippen LogP contribution in [0, 0.1) is 5.92 Å². The highest BCUT2D eigenvalue weighted by molar-refractivity contribution is 5.78. The predicted octanol–water partition coefficient (Wildman–Crippen LogP) is 0.404. The van der Waals surface area contributed by atoms with E-state index in [4.69, 9.17) is 10.2 Å². The molecule has 0 aromatic carbocycles. The fourth-order valence-corrected chi connectivity index (χ4v) is 2.45. The Morgan fingerprint density at radius 2 is 1.80 bits per heavy atom. The summed E-state index contributed by atoms with van der Waals surface area (Å²) in [6, 6.07) is 0. The fraction of sp³-hybridized carbons (Fsp3) is 0.857. The number of nitrogens with zero attached hydrogens (tertiary/aromatic N) is 2. The zero-order valence-electron chi connectivity index (χ0n) is 12.3. The van der Waals surface area contributed by atoms with E-state index in [-0.39, 0.29) is 25.6 Å².